The Morgan fingerprint density at radius 2 is 2.00 bits per heavy atom. The van der Waals surface area contributed by atoms with Crippen molar-refractivity contribution in [3.63, 3.8) is 0 Å². The van der Waals surface area contributed by atoms with Gasteiger partial charge in [0.1, 0.15) is 0 Å². The maximum atomic E-state index is 12.5. The van der Waals surface area contributed by atoms with Crippen LogP contribution in [0.25, 0.3) is 0 Å². The number of alkyl halides is 3. The number of hydrogen-bond acceptors (Lipinski definition) is 3. The largest absolute Gasteiger partial charge is 0.478 e. The third-order valence-electron chi connectivity index (χ3n) is 2.67. The molecule has 0 saturated carbocycles. The zero-order valence-corrected chi connectivity index (χ0v) is 11.0. The number of carbonyl (C=O) groups is 1. The first-order valence-corrected chi connectivity index (χ1v) is 6.25. The van der Waals surface area contributed by atoms with Crippen LogP contribution in [-0.4, -0.2) is 30.7 Å². The van der Waals surface area contributed by atoms with Crippen molar-refractivity contribution in [1.82, 2.24) is 5.32 Å². The minimum Gasteiger partial charge on any atom is -0.478 e. The van der Waals surface area contributed by atoms with E-state index in [1.807, 2.05) is 6.92 Å². The summed E-state index contributed by atoms with van der Waals surface area (Å²) in [6.07, 6.45) is -3.80. The molecule has 0 aromatic heterocycles. The molecule has 0 atom stereocenters. The molecule has 7 heteroatoms. The van der Waals surface area contributed by atoms with Gasteiger partial charge in [0.2, 0.25) is 0 Å². The molecule has 0 aliphatic rings. The van der Waals surface area contributed by atoms with E-state index in [-0.39, 0.29) is 11.3 Å². The fourth-order valence-corrected chi connectivity index (χ4v) is 1.66. The van der Waals surface area contributed by atoms with Crippen LogP contribution in [0.1, 0.15) is 29.3 Å². The van der Waals surface area contributed by atoms with Gasteiger partial charge in [0.05, 0.1) is 11.1 Å². The molecule has 0 heterocycles. The van der Waals surface area contributed by atoms with Gasteiger partial charge < -0.3 is 15.7 Å². The number of hydrogen-bond donors (Lipinski definition) is 3. The van der Waals surface area contributed by atoms with E-state index in [1.54, 1.807) is 0 Å². The molecule has 3 N–H and O–H groups in total. The molecule has 20 heavy (non-hydrogen) atoms. The van der Waals surface area contributed by atoms with Gasteiger partial charge in [-0.1, -0.05) is 6.92 Å². The van der Waals surface area contributed by atoms with Crippen molar-refractivity contribution in [3.8, 4) is 0 Å². The second-order valence-electron chi connectivity index (χ2n) is 4.20. The highest BCUT2D eigenvalue weighted by molar-refractivity contribution is 5.94. The van der Waals surface area contributed by atoms with E-state index in [9.17, 15) is 18.0 Å². The molecule has 0 unspecified atom stereocenters. The number of rotatable bonds is 7. The van der Waals surface area contributed by atoms with Crippen LogP contribution in [0, 0.1) is 0 Å². The van der Waals surface area contributed by atoms with Gasteiger partial charge in [-0.2, -0.15) is 13.2 Å². The van der Waals surface area contributed by atoms with Crippen molar-refractivity contribution in [1.29, 1.82) is 0 Å². The number of halogens is 3. The van der Waals surface area contributed by atoms with Gasteiger partial charge in [-0.05, 0) is 37.7 Å². The number of benzene rings is 1. The van der Waals surface area contributed by atoms with Gasteiger partial charge in [-0.15, -0.1) is 0 Å². The third kappa shape index (κ3) is 4.73. The van der Waals surface area contributed by atoms with E-state index in [0.29, 0.717) is 12.6 Å². The Bertz CT molecular complexity index is 461. The molecule has 1 aromatic carbocycles. The Morgan fingerprint density at radius 3 is 2.55 bits per heavy atom. The standard InChI is InChI=1S/C13H17F3N2O2/c1-2-17-6-3-7-18-11-5-4-9(13(14,15)16)8-10(11)12(19)20/h4-5,8,17-18H,2-3,6-7H2,1H3,(H,19,20). The van der Waals surface area contributed by atoms with Gasteiger partial charge >= 0.3 is 12.1 Å². The Balaban J connectivity index is 2.78. The lowest BCUT2D eigenvalue weighted by molar-refractivity contribution is -0.137. The van der Waals surface area contributed by atoms with Crippen LogP contribution in [0.5, 0.6) is 0 Å². The lowest BCUT2D eigenvalue weighted by atomic mass is 10.1. The van der Waals surface area contributed by atoms with Crippen molar-refractivity contribution in [3.05, 3.63) is 29.3 Å². The number of anilines is 1. The van der Waals surface area contributed by atoms with Crippen LogP contribution >= 0.6 is 0 Å². The molecule has 0 aliphatic heterocycles. The summed E-state index contributed by atoms with van der Waals surface area (Å²) >= 11 is 0. The summed E-state index contributed by atoms with van der Waals surface area (Å²) < 4.78 is 37.6. The van der Waals surface area contributed by atoms with Crippen molar-refractivity contribution in [2.45, 2.75) is 19.5 Å². The first kappa shape index (κ1) is 16.3. The lowest BCUT2D eigenvalue weighted by Gasteiger charge is -2.13. The molecular formula is C13H17F3N2O2. The quantitative estimate of drug-likeness (QED) is 0.676. The molecule has 0 aliphatic carbocycles. The van der Waals surface area contributed by atoms with Crippen LogP contribution in [0.4, 0.5) is 18.9 Å². The molecule has 0 amide bonds. The van der Waals surface area contributed by atoms with Crippen LogP contribution in [0.2, 0.25) is 0 Å². The number of aromatic carboxylic acids is 1. The minimum absolute atomic E-state index is 0.196. The zero-order chi connectivity index (χ0) is 15.2. The second kappa shape index (κ2) is 7.14. The Labute approximate surface area is 115 Å². The highest BCUT2D eigenvalue weighted by Crippen LogP contribution is 2.31. The summed E-state index contributed by atoms with van der Waals surface area (Å²) in [6, 6.07) is 2.67. The van der Waals surface area contributed by atoms with E-state index >= 15 is 0 Å². The van der Waals surface area contributed by atoms with Gasteiger partial charge in [0.15, 0.2) is 0 Å². The van der Waals surface area contributed by atoms with Crippen LogP contribution < -0.4 is 10.6 Å². The normalized spacial score (nSPS) is 11.4. The minimum atomic E-state index is -4.55. The van der Waals surface area contributed by atoms with E-state index in [2.05, 4.69) is 10.6 Å². The fraction of sp³-hybridized carbons (Fsp3) is 0.462. The fourth-order valence-electron chi connectivity index (χ4n) is 1.66. The molecule has 4 nitrogen and oxygen atoms in total. The Kier molecular flexibility index (Phi) is 5.82. The summed E-state index contributed by atoms with van der Waals surface area (Å²) in [4.78, 5) is 11.0. The van der Waals surface area contributed by atoms with Crippen LogP contribution in [-0.2, 0) is 6.18 Å². The van der Waals surface area contributed by atoms with Crippen LogP contribution in [0.15, 0.2) is 18.2 Å². The van der Waals surface area contributed by atoms with E-state index in [1.165, 1.54) is 0 Å². The predicted octanol–water partition coefficient (Wildman–Crippen LogP) is 2.82. The van der Waals surface area contributed by atoms with E-state index in [0.717, 1.165) is 31.6 Å². The van der Waals surface area contributed by atoms with Gasteiger partial charge in [0.25, 0.3) is 0 Å². The topological polar surface area (TPSA) is 61.4 Å². The highest BCUT2D eigenvalue weighted by Gasteiger charge is 2.31. The molecule has 1 aromatic rings. The second-order valence-corrected chi connectivity index (χ2v) is 4.20. The Morgan fingerprint density at radius 1 is 1.30 bits per heavy atom. The molecule has 1 rings (SSSR count). The highest BCUT2D eigenvalue weighted by atomic mass is 19.4. The number of carboxylic acid groups (broad SMARTS) is 1. The molecule has 0 bridgehead atoms. The summed E-state index contributed by atoms with van der Waals surface area (Å²) in [5.41, 5.74) is -1.14. The van der Waals surface area contributed by atoms with E-state index < -0.39 is 17.7 Å². The van der Waals surface area contributed by atoms with Gasteiger partial charge in [-0.25, -0.2) is 4.79 Å². The first-order chi connectivity index (χ1) is 9.36. The zero-order valence-electron chi connectivity index (χ0n) is 11.0. The molecule has 0 fully saturated rings. The van der Waals surface area contributed by atoms with Crippen LogP contribution in [0.3, 0.4) is 0 Å². The predicted molar refractivity (Wildman–Crippen MR) is 70.1 cm³/mol. The first-order valence-electron chi connectivity index (χ1n) is 6.25. The average molecular weight is 290 g/mol. The average Bonchev–Trinajstić information content (AvgIpc) is 2.37. The summed E-state index contributed by atoms with van der Waals surface area (Å²) in [7, 11) is 0. The maximum Gasteiger partial charge on any atom is 0.416 e. The molecule has 112 valence electrons. The smallest absolute Gasteiger partial charge is 0.416 e. The third-order valence-corrected chi connectivity index (χ3v) is 2.67. The summed E-state index contributed by atoms with van der Waals surface area (Å²) in [5, 5.41) is 14.9. The van der Waals surface area contributed by atoms with Gasteiger partial charge in [0, 0.05) is 12.2 Å². The van der Waals surface area contributed by atoms with Crippen molar-refractivity contribution < 1.29 is 23.1 Å². The Hall–Kier alpha value is -1.76. The summed E-state index contributed by atoms with van der Waals surface area (Å²) in [6.45, 7) is 4.04. The molecular weight excluding hydrogens is 273 g/mol. The van der Waals surface area contributed by atoms with E-state index in [4.69, 9.17) is 5.11 Å². The summed E-state index contributed by atoms with van der Waals surface area (Å²) in [5.74, 6) is -1.38. The molecule has 0 saturated heterocycles. The van der Waals surface area contributed by atoms with Crippen molar-refractivity contribution in [2.75, 3.05) is 25.0 Å². The van der Waals surface area contributed by atoms with Crippen molar-refractivity contribution >= 4 is 11.7 Å². The van der Waals surface area contributed by atoms with Gasteiger partial charge in [-0.3, -0.25) is 0 Å². The van der Waals surface area contributed by atoms with Crippen molar-refractivity contribution in [2.24, 2.45) is 0 Å². The SMILES string of the molecule is CCNCCCNc1ccc(C(F)(F)F)cc1C(=O)O. The maximum absolute atomic E-state index is 12.5. The number of nitrogens with one attached hydrogen (secondary N) is 2. The number of carboxylic acids is 1. The molecule has 0 radical (unpaired) electrons. The molecule has 0 spiro atoms. The monoisotopic (exact) mass is 290 g/mol. The lowest BCUT2D eigenvalue weighted by Crippen LogP contribution is -2.18.